The molecule has 5 amide bonds. The molecule has 1 aliphatic rings. The summed E-state index contributed by atoms with van der Waals surface area (Å²) in [5, 5.41) is 9.82. The molecule has 1 aliphatic heterocycles. The number of imide groups is 1. The molecule has 1 saturated heterocycles. The van der Waals surface area contributed by atoms with E-state index in [9.17, 15) is 19.2 Å². The van der Waals surface area contributed by atoms with Gasteiger partial charge in [-0.25, -0.2) is 4.79 Å². The first-order valence-electron chi connectivity index (χ1n) is 9.71. The number of benzene rings is 2. The number of hydrogen-bond acceptors (Lipinski definition) is 4. The average Bonchev–Trinajstić information content (AvgIpc) is 2.89. The van der Waals surface area contributed by atoms with Crippen molar-refractivity contribution < 1.29 is 19.2 Å². The molecule has 0 radical (unpaired) electrons. The van der Waals surface area contributed by atoms with E-state index in [4.69, 9.17) is 0 Å². The Hall–Kier alpha value is -3.42. The van der Waals surface area contributed by atoms with Crippen LogP contribution in [0.3, 0.4) is 0 Å². The lowest BCUT2D eigenvalue weighted by atomic mass is 9.90. The standard InChI is InChI=1S/C22H26N4O4/c1-21(2,3)24-17(27)12-23-18(28)13-26-19(29)22(4,25-20(26)30)16-10-9-14-7-5-6-8-15(14)11-16/h5-11H,12-13H2,1-4H3,(H,23,28)(H,24,27)(H,25,30). The molecule has 3 N–H and O–H groups in total. The monoisotopic (exact) mass is 410 g/mol. The Bertz CT molecular complexity index is 1030. The minimum atomic E-state index is -1.27. The Morgan fingerprint density at radius 1 is 1.03 bits per heavy atom. The third-order valence-electron chi connectivity index (χ3n) is 4.86. The van der Waals surface area contributed by atoms with Gasteiger partial charge >= 0.3 is 6.03 Å². The second kappa shape index (κ2) is 7.78. The fraction of sp³-hybridized carbons (Fsp3) is 0.364. The Morgan fingerprint density at radius 3 is 2.37 bits per heavy atom. The number of carbonyl (C=O) groups excluding carboxylic acids is 4. The van der Waals surface area contributed by atoms with Crippen molar-refractivity contribution in [3.63, 3.8) is 0 Å². The van der Waals surface area contributed by atoms with Crippen molar-refractivity contribution >= 4 is 34.5 Å². The van der Waals surface area contributed by atoms with E-state index in [1.54, 1.807) is 13.0 Å². The van der Waals surface area contributed by atoms with Gasteiger partial charge < -0.3 is 16.0 Å². The van der Waals surface area contributed by atoms with Crippen molar-refractivity contribution in [3.8, 4) is 0 Å². The van der Waals surface area contributed by atoms with E-state index in [2.05, 4.69) is 16.0 Å². The molecule has 0 spiro atoms. The van der Waals surface area contributed by atoms with Crippen molar-refractivity contribution in [2.24, 2.45) is 0 Å². The van der Waals surface area contributed by atoms with Crippen LogP contribution in [0.25, 0.3) is 10.8 Å². The maximum atomic E-state index is 13.0. The molecule has 8 heteroatoms. The van der Waals surface area contributed by atoms with Gasteiger partial charge in [-0.3, -0.25) is 19.3 Å². The van der Waals surface area contributed by atoms with Crippen LogP contribution in [0.15, 0.2) is 42.5 Å². The van der Waals surface area contributed by atoms with Gasteiger partial charge in [0.2, 0.25) is 11.8 Å². The summed E-state index contributed by atoms with van der Waals surface area (Å²) in [6.07, 6.45) is 0. The molecular formula is C22H26N4O4. The Kier molecular flexibility index (Phi) is 5.52. The largest absolute Gasteiger partial charge is 0.350 e. The van der Waals surface area contributed by atoms with E-state index >= 15 is 0 Å². The van der Waals surface area contributed by atoms with Crippen molar-refractivity contribution in [3.05, 3.63) is 48.0 Å². The summed E-state index contributed by atoms with van der Waals surface area (Å²) in [4.78, 5) is 50.4. The lowest BCUT2D eigenvalue weighted by molar-refractivity contribution is -0.135. The zero-order valence-electron chi connectivity index (χ0n) is 17.5. The van der Waals surface area contributed by atoms with Crippen molar-refractivity contribution in [1.29, 1.82) is 0 Å². The molecule has 2 aromatic carbocycles. The molecule has 0 aromatic heterocycles. The molecule has 1 atom stereocenters. The van der Waals surface area contributed by atoms with E-state index in [0.29, 0.717) is 5.56 Å². The molecule has 1 heterocycles. The minimum Gasteiger partial charge on any atom is -0.350 e. The van der Waals surface area contributed by atoms with E-state index in [1.807, 2.05) is 57.2 Å². The number of carbonyl (C=O) groups is 4. The highest BCUT2D eigenvalue weighted by molar-refractivity contribution is 6.09. The van der Waals surface area contributed by atoms with Gasteiger partial charge in [0, 0.05) is 5.54 Å². The number of amides is 5. The fourth-order valence-corrected chi connectivity index (χ4v) is 3.38. The normalized spacial score (nSPS) is 19.0. The predicted octanol–water partition coefficient (Wildman–Crippen LogP) is 1.64. The first kappa shape index (κ1) is 21.3. The summed E-state index contributed by atoms with van der Waals surface area (Å²) in [5.41, 5.74) is -1.06. The molecule has 0 bridgehead atoms. The van der Waals surface area contributed by atoms with Gasteiger partial charge in [-0.2, -0.15) is 0 Å². The molecule has 3 rings (SSSR count). The SMILES string of the molecule is CC(C)(C)NC(=O)CNC(=O)CN1C(=O)NC(C)(c2ccc3ccccc3c2)C1=O. The third kappa shape index (κ3) is 4.42. The lowest BCUT2D eigenvalue weighted by Crippen LogP contribution is -2.48. The van der Waals surface area contributed by atoms with Crippen molar-refractivity contribution in [2.45, 2.75) is 38.8 Å². The van der Waals surface area contributed by atoms with Crippen LogP contribution in [0.4, 0.5) is 4.79 Å². The van der Waals surface area contributed by atoms with Crippen LogP contribution in [-0.4, -0.2) is 47.3 Å². The smallest absolute Gasteiger partial charge is 0.325 e. The van der Waals surface area contributed by atoms with Crippen molar-refractivity contribution in [1.82, 2.24) is 20.9 Å². The number of urea groups is 1. The number of nitrogens with one attached hydrogen (secondary N) is 3. The first-order chi connectivity index (χ1) is 14.0. The molecule has 2 aromatic rings. The predicted molar refractivity (Wildman–Crippen MR) is 112 cm³/mol. The lowest BCUT2D eigenvalue weighted by Gasteiger charge is -2.23. The molecule has 0 saturated carbocycles. The van der Waals surface area contributed by atoms with Crippen LogP contribution in [0, 0.1) is 0 Å². The summed E-state index contributed by atoms with van der Waals surface area (Å²) in [7, 11) is 0. The molecular weight excluding hydrogens is 384 g/mol. The highest BCUT2D eigenvalue weighted by atomic mass is 16.2. The van der Waals surface area contributed by atoms with Gasteiger partial charge in [-0.15, -0.1) is 0 Å². The molecule has 158 valence electrons. The molecule has 30 heavy (non-hydrogen) atoms. The van der Waals surface area contributed by atoms with Crippen LogP contribution in [-0.2, 0) is 19.9 Å². The minimum absolute atomic E-state index is 0.234. The van der Waals surface area contributed by atoms with E-state index in [1.165, 1.54) is 0 Å². The van der Waals surface area contributed by atoms with Gasteiger partial charge in [0.05, 0.1) is 6.54 Å². The number of rotatable bonds is 5. The highest BCUT2D eigenvalue weighted by Crippen LogP contribution is 2.30. The van der Waals surface area contributed by atoms with E-state index < -0.39 is 35.5 Å². The maximum absolute atomic E-state index is 13.0. The van der Waals surface area contributed by atoms with Gasteiger partial charge in [0.15, 0.2) is 0 Å². The average molecular weight is 410 g/mol. The zero-order valence-corrected chi connectivity index (χ0v) is 17.5. The number of fused-ring (bicyclic) bond motifs is 1. The molecule has 0 aliphatic carbocycles. The number of nitrogens with zero attached hydrogens (tertiary/aromatic N) is 1. The van der Waals surface area contributed by atoms with Crippen molar-refractivity contribution in [2.75, 3.05) is 13.1 Å². The topological polar surface area (TPSA) is 108 Å². The van der Waals surface area contributed by atoms with Crippen LogP contribution in [0.1, 0.15) is 33.3 Å². The zero-order chi connectivity index (χ0) is 22.1. The first-order valence-corrected chi connectivity index (χ1v) is 9.71. The number of hydrogen-bond donors (Lipinski definition) is 3. The van der Waals surface area contributed by atoms with E-state index in [-0.39, 0.29) is 12.5 Å². The van der Waals surface area contributed by atoms with Crippen LogP contribution < -0.4 is 16.0 Å². The summed E-state index contributed by atoms with van der Waals surface area (Å²) in [5.74, 6) is -1.46. The summed E-state index contributed by atoms with van der Waals surface area (Å²) >= 11 is 0. The maximum Gasteiger partial charge on any atom is 0.325 e. The van der Waals surface area contributed by atoms with Gasteiger partial charge in [-0.1, -0.05) is 36.4 Å². The van der Waals surface area contributed by atoms with Gasteiger partial charge in [-0.05, 0) is 50.1 Å². The van der Waals surface area contributed by atoms with Crippen LogP contribution >= 0.6 is 0 Å². The Morgan fingerprint density at radius 2 is 1.70 bits per heavy atom. The second-order valence-electron chi connectivity index (χ2n) is 8.58. The fourth-order valence-electron chi connectivity index (χ4n) is 3.38. The Balaban J connectivity index is 1.69. The van der Waals surface area contributed by atoms with Crippen LogP contribution in [0.2, 0.25) is 0 Å². The van der Waals surface area contributed by atoms with Crippen LogP contribution in [0.5, 0.6) is 0 Å². The Labute approximate surface area is 175 Å². The van der Waals surface area contributed by atoms with Gasteiger partial charge in [0.25, 0.3) is 5.91 Å². The molecule has 8 nitrogen and oxygen atoms in total. The third-order valence-corrected chi connectivity index (χ3v) is 4.86. The molecule has 1 unspecified atom stereocenters. The van der Waals surface area contributed by atoms with E-state index in [0.717, 1.165) is 15.7 Å². The van der Waals surface area contributed by atoms with Gasteiger partial charge in [0.1, 0.15) is 12.1 Å². The molecule has 1 fully saturated rings. The summed E-state index contributed by atoms with van der Waals surface area (Å²) in [6, 6.07) is 12.6. The second-order valence-corrected chi connectivity index (χ2v) is 8.58. The summed E-state index contributed by atoms with van der Waals surface area (Å²) < 4.78 is 0. The quantitative estimate of drug-likeness (QED) is 0.651. The highest BCUT2D eigenvalue weighted by Gasteiger charge is 2.49. The summed E-state index contributed by atoms with van der Waals surface area (Å²) in [6.45, 7) is 6.40.